The summed E-state index contributed by atoms with van der Waals surface area (Å²) >= 11 is 3.55. The Morgan fingerprint density at radius 2 is 1.03 bits per heavy atom. The van der Waals surface area contributed by atoms with Crippen LogP contribution in [0.25, 0.3) is 0 Å². The minimum absolute atomic E-state index is 0.0214. The second-order valence-corrected chi connectivity index (χ2v) is 21.3. The predicted octanol–water partition coefficient (Wildman–Crippen LogP) is 11.6. The van der Waals surface area contributed by atoms with Crippen LogP contribution < -0.4 is 0 Å². The molecule has 9 nitrogen and oxygen atoms in total. The first kappa shape index (κ1) is 48.0. The summed E-state index contributed by atoms with van der Waals surface area (Å²) in [6.07, 6.45) is 26.7. The number of allylic oxidation sites excluding steroid dienone is 8. The molecule has 0 amide bonds. The molecule has 61 heavy (non-hydrogen) atoms. The number of benzene rings is 1. The van der Waals surface area contributed by atoms with Crippen molar-refractivity contribution in [3.05, 3.63) is 97.2 Å². The van der Waals surface area contributed by atoms with E-state index in [1.54, 1.807) is 29.6 Å². The van der Waals surface area contributed by atoms with Crippen LogP contribution in [0.1, 0.15) is 108 Å². The summed E-state index contributed by atoms with van der Waals surface area (Å²) in [7, 11) is 0. The van der Waals surface area contributed by atoms with Gasteiger partial charge in [0.1, 0.15) is 6.10 Å². The number of rotatable bonds is 3. The summed E-state index contributed by atoms with van der Waals surface area (Å²) in [4.78, 5) is 15.4. The molecule has 3 fully saturated rings. The Bertz CT molecular complexity index is 1750. The van der Waals surface area contributed by atoms with Crippen molar-refractivity contribution in [2.45, 2.75) is 189 Å². The number of esters is 1. The van der Waals surface area contributed by atoms with Gasteiger partial charge in [0.15, 0.2) is 22.1 Å². The van der Waals surface area contributed by atoms with Crippen LogP contribution in [0.2, 0.25) is 0 Å². The molecule has 5 aliphatic heterocycles. The summed E-state index contributed by atoms with van der Waals surface area (Å²) in [6.45, 7) is 20.4. The predicted molar refractivity (Wildman–Crippen MR) is 244 cm³/mol. The second kappa shape index (κ2) is 21.5. The van der Waals surface area contributed by atoms with Crippen molar-refractivity contribution in [3.63, 3.8) is 0 Å². The molecule has 0 aliphatic carbocycles. The minimum Gasteiger partial charge on any atom is -0.458 e. The maximum absolute atomic E-state index is 12.9. The van der Waals surface area contributed by atoms with E-state index in [9.17, 15) is 4.79 Å². The Morgan fingerprint density at radius 3 is 1.56 bits per heavy atom. The van der Waals surface area contributed by atoms with Crippen molar-refractivity contribution in [3.8, 4) is 0 Å². The Balaban J connectivity index is 1.23. The molecule has 5 heterocycles. The van der Waals surface area contributed by atoms with Gasteiger partial charge in [-0.2, -0.15) is 0 Å². The van der Waals surface area contributed by atoms with E-state index in [-0.39, 0.29) is 77.3 Å². The molecule has 6 bridgehead atoms. The highest BCUT2D eigenvalue weighted by atomic mass is 32.2. The van der Waals surface area contributed by atoms with E-state index < -0.39 is 17.4 Å². The van der Waals surface area contributed by atoms with Gasteiger partial charge in [-0.05, 0) is 59.6 Å². The summed E-state index contributed by atoms with van der Waals surface area (Å²) < 4.78 is 52.3. The van der Waals surface area contributed by atoms with Crippen molar-refractivity contribution in [2.24, 2.45) is 17.8 Å². The van der Waals surface area contributed by atoms with Crippen molar-refractivity contribution in [1.82, 2.24) is 0 Å². The third kappa shape index (κ3) is 15.1. The SMILES string of the molecule is CC(C)[C@H]1OC(=O)/C=C/C=C/C=C/C=C/C=C/[C@@H](C)[C@@H](OC2Sc3ccccc3S2)C[C@@H]2C[C@H](C[C@H]3C[C@H](C[C@H]4C[C@@H](/C=C/[C@H]1C)OC(C)(C)O4)OC(C)(C)O3)OC(C)(C)O2. The average Bonchev–Trinajstić information content (AvgIpc) is 3.56. The van der Waals surface area contributed by atoms with Crippen LogP contribution in [0.4, 0.5) is 0 Å². The van der Waals surface area contributed by atoms with Gasteiger partial charge < -0.3 is 37.9 Å². The highest BCUT2D eigenvalue weighted by Gasteiger charge is 2.44. The summed E-state index contributed by atoms with van der Waals surface area (Å²) in [5.41, 5.74) is 0. The van der Waals surface area contributed by atoms with E-state index >= 15 is 0 Å². The maximum Gasteiger partial charge on any atom is 0.331 e. The molecular weight excluding hydrogens is 809 g/mol. The fourth-order valence-electron chi connectivity index (χ4n) is 9.06. The van der Waals surface area contributed by atoms with E-state index in [1.165, 1.54) is 15.9 Å². The number of thioether (sulfide) groups is 2. The number of carbonyl (C=O) groups excluding carboxylic acids is 1. The number of ether oxygens (including phenoxy) is 8. The molecule has 0 aromatic heterocycles. The molecular formula is C50H70O9S2. The molecule has 0 spiro atoms. The lowest BCUT2D eigenvalue weighted by Crippen LogP contribution is -2.51. The number of cyclic esters (lactones) is 1. The van der Waals surface area contributed by atoms with Crippen LogP contribution in [-0.4, -0.2) is 76.9 Å². The van der Waals surface area contributed by atoms with Crippen molar-refractivity contribution >= 4 is 29.5 Å². The number of hydrogen-bond donors (Lipinski definition) is 0. The first-order valence-corrected chi connectivity index (χ1v) is 24.1. The molecule has 0 radical (unpaired) electrons. The van der Waals surface area contributed by atoms with Gasteiger partial charge >= 0.3 is 5.97 Å². The molecule has 11 heteroatoms. The lowest BCUT2D eigenvalue weighted by atomic mass is 9.91. The topological polar surface area (TPSA) is 90.9 Å². The van der Waals surface area contributed by atoms with Gasteiger partial charge in [0.2, 0.25) is 0 Å². The van der Waals surface area contributed by atoms with E-state index in [2.05, 4.69) is 76.3 Å². The molecule has 0 unspecified atom stereocenters. The third-order valence-corrected chi connectivity index (χ3v) is 14.0. The Morgan fingerprint density at radius 1 is 0.574 bits per heavy atom. The maximum atomic E-state index is 12.9. The van der Waals surface area contributed by atoms with Crippen LogP contribution in [0.5, 0.6) is 0 Å². The quantitative estimate of drug-likeness (QED) is 0.215. The zero-order valence-corrected chi connectivity index (χ0v) is 39.5. The van der Waals surface area contributed by atoms with E-state index in [4.69, 9.17) is 37.9 Å². The zero-order valence-electron chi connectivity index (χ0n) is 37.9. The largest absolute Gasteiger partial charge is 0.458 e. The van der Waals surface area contributed by atoms with Crippen LogP contribution >= 0.6 is 23.5 Å². The molecule has 1 aromatic rings. The highest BCUT2D eigenvalue weighted by molar-refractivity contribution is 8.19. The average molecular weight is 879 g/mol. The summed E-state index contributed by atoms with van der Waals surface area (Å²) in [5, 5.41) is 0. The van der Waals surface area contributed by atoms with Crippen LogP contribution in [-0.2, 0) is 42.7 Å². The molecule has 1 aromatic carbocycles. The van der Waals surface area contributed by atoms with E-state index in [1.807, 2.05) is 78.0 Å². The van der Waals surface area contributed by atoms with Gasteiger partial charge in [-0.1, -0.05) is 130 Å². The molecule has 6 rings (SSSR count). The van der Waals surface area contributed by atoms with Gasteiger partial charge in [-0.15, -0.1) is 0 Å². The highest BCUT2D eigenvalue weighted by Crippen LogP contribution is 2.49. The number of hydrogen-bond acceptors (Lipinski definition) is 11. The molecule has 3 saturated heterocycles. The van der Waals surface area contributed by atoms with Gasteiger partial charge in [-0.3, -0.25) is 0 Å². The molecule has 10 atom stereocenters. The fourth-order valence-corrected chi connectivity index (χ4v) is 11.7. The van der Waals surface area contributed by atoms with Gasteiger partial charge in [0.05, 0.1) is 42.7 Å². The Labute approximate surface area is 374 Å². The van der Waals surface area contributed by atoms with Gasteiger partial charge in [0.25, 0.3) is 0 Å². The standard InChI is InChI=1S/C50H70O9S2/c1-33(2)46-35(4)25-26-36-27-37(55-48(5,6)54-36)28-38-29-39(57-49(7,8)56-38)30-40-31-41(59-50(9,10)58-40)32-42(52-47-60-43-22-19-20-23-44(43)61-47)34(3)21-17-15-13-11-12-14-16-18-24-45(51)53-46/h11-26,33-42,46-47H,27-32H2,1-10H3/b12-11+,15-13+,16-14+,21-17+,24-18+,26-25+/t34-,35-,36-,37-,38+,39-,40+,41+,42+,46-/m1/s1. The minimum atomic E-state index is -0.780. The third-order valence-electron chi connectivity index (χ3n) is 11.4. The molecule has 336 valence electrons. The lowest BCUT2D eigenvalue weighted by molar-refractivity contribution is -0.333. The second-order valence-electron chi connectivity index (χ2n) is 18.8. The Kier molecular flexibility index (Phi) is 16.9. The summed E-state index contributed by atoms with van der Waals surface area (Å²) in [6, 6.07) is 8.50. The molecule has 0 N–H and O–H groups in total. The van der Waals surface area contributed by atoms with Crippen molar-refractivity contribution in [2.75, 3.05) is 0 Å². The van der Waals surface area contributed by atoms with E-state index in [0.29, 0.717) is 12.8 Å². The van der Waals surface area contributed by atoms with Gasteiger partial charge in [0, 0.05) is 66.2 Å². The molecule has 0 saturated carbocycles. The molecule has 5 aliphatic rings. The van der Waals surface area contributed by atoms with Crippen LogP contribution in [0, 0.1) is 17.8 Å². The monoisotopic (exact) mass is 878 g/mol. The first-order valence-electron chi connectivity index (χ1n) is 22.3. The Hall–Kier alpha value is -2.45. The summed E-state index contributed by atoms with van der Waals surface area (Å²) in [5.74, 6) is -2.46. The van der Waals surface area contributed by atoms with Crippen molar-refractivity contribution < 1.29 is 42.7 Å². The number of fused-ring (bicyclic) bond motifs is 7. The zero-order chi connectivity index (χ0) is 43.8. The lowest BCUT2D eigenvalue weighted by Gasteiger charge is -2.47. The first-order chi connectivity index (χ1) is 28.9. The van der Waals surface area contributed by atoms with Crippen molar-refractivity contribution in [1.29, 1.82) is 0 Å². The van der Waals surface area contributed by atoms with Crippen LogP contribution in [0.3, 0.4) is 0 Å². The van der Waals surface area contributed by atoms with E-state index in [0.717, 1.165) is 25.7 Å². The normalized spacial score (nSPS) is 38.2. The number of carbonyl (C=O) groups is 1. The smallest absolute Gasteiger partial charge is 0.331 e. The van der Waals surface area contributed by atoms with Crippen LogP contribution in [0.15, 0.2) is 107 Å². The van der Waals surface area contributed by atoms with Gasteiger partial charge in [-0.25, -0.2) is 4.79 Å². The fraction of sp³-hybridized carbons (Fsp3) is 0.620.